The first-order valence-corrected chi connectivity index (χ1v) is 9.91. The number of H-pyrrole nitrogens is 1. The van der Waals surface area contributed by atoms with E-state index in [1.165, 1.54) is 23.0 Å². The molecule has 1 heterocycles. The predicted octanol–water partition coefficient (Wildman–Crippen LogP) is 2.75. The van der Waals surface area contributed by atoms with Gasteiger partial charge in [-0.3, -0.25) is 19.1 Å². The normalized spacial score (nSPS) is 11.2. The van der Waals surface area contributed by atoms with Gasteiger partial charge < -0.3 is 16.4 Å². The van der Waals surface area contributed by atoms with Gasteiger partial charge in [-0.05, 0) is 42.0 Å². The molecule has 1 aromatic heterocycles. The second-order valence-corrected chi connectivity index (χ2v) is 7.41. The van der Waals surface area contributed by atoms with Crippen molar-refractivity contribution in [3.63, 3.8) is 0 Å². The maximum absolute atomic E-state index is 12.1. The molecule has 0 spiro atoms. The first kappa shape index (κ1) is 22.2. The largest absolute Gasteiger partial charge is 0.400 e. The molecule has 0 aliphatic carbocycles. The highest BCUT2D eigenvalue weighted by Gasteiger charge is 2.05. The van der Waals surface area contributed by atoms with Crippen LogP contribution in [-0.4, -0.2) is 15.5 Å². The molecule has 0 saturated heterocycles. The number of aromatic amines is 1. The van der Waals surface area contributed by atoms with Crippen molar-refractivity contribution in [1.29, 1.82) is 0 Å². The molecular formula is C21H19Cl2N5O3. The Bertz CT molecular complexity index is 1230. The van der Waals surface area contributed by atoms with E-state index in [2.05, 4.69) is 15.6 Å². The van der Waals surface area contributed by atoms with Crippen LogP contribution < -0.4 is 27.6 Å². The number of anilines is 1. The van der Waals surface area contributed by atoms with Crippen LogP contribution in [0.2, 0.25) is 10.0 Å². The van der Waals surface area contributed by atoms with Crippen LogP contribution in [0, 0.1) is 0 Å². The number of nitrogens with one attached hydrogen (secondary N) is 3. The molecule has 1 amide bonds. The Morgan fingerprint density at radius 2 is 1.81 bits per heavy atom. The molecule has 0 aliphatic rings. The SMILES string of the molecule is N/C(=C\Nc1ccc(-n2ccc(=O)[nH]c2=O)cc1)CC(=O)NCc1ccc(Cl)c(Cl)c1. The highest BCUT2D eigenvalue weighted by molar-refractivity contribution is 6.42. The Kier molecular flexibility index (Phi) is 7.17. The fraction of sp³-hybridized carbons (Fsp3) is 0.0952. The molecule has 0 saturated carbocycles. The summed E-state index contributed by atoms with van der Waals surface area (Å²) in [4.78, 5) is 37.3. The Morgan fingerprint density at radius 1 is 1.06 bits per heavy atom. The summed E-state index contributed by atoms with van der Waals surface area (Å²) in [6.07, 6.45) is 2.94. The summed E-state index contributed by atoms with van der Waals surface area (Å²) in [6.45, 7) is 0.308. The second kappa shape index (κ2) is 10.0. The second-order valence-electron chi connectivity index (χ2n) is 6.59. The lowest BCUT2D eigenvalue weighted by Crippen LogP contribution is -2.27. The smallest absolute Gasteiger partial charge is 0.332 e. The van der Waals surface area contributed by atoms with Gasteiger partial charge in [-0.1, -0.05) is 29.3 Å². The summed E-state index contributed by atoms with van der Waals surface area (Å²) in [5, 5.41) is 6.64. The van der Waals surface area contributed by atoms with Crippen molar-refractivity contribution in [3.05, 3.63) is 103 Å². The minimum absolute atomic E-state index is 0.0131. The van der Waals surface area contributed by atoms with Crippen LogP contribution >= 0.6 is 23.2 Å². The molecule has 10 heteroatoms. The van der Waals surface area contributed by atoms with E-state index in [0.29, 0.717) is 33.7 Å². The van der Waals surface area contributed by atoms with Gasteiger partial charge in [0.2, 0.25) is 5.91 Å². The van der Waals surface area contributed by atoms with Crippen molar-refractivity contribution in [2.45, 2.75) is 13.0 Å². The highest BCUT2D eigenvalue weighted by Crippen LogP contribution is 2.22. The minimum atomic E-state index is -0.524. The summed E-state index contributed by atoms with van der Waals surface area (Å²) in [6, 6.07) is 13.3. The van der Waals surface area contributed by atoms with Crippen LogP contribution in [0.4, 0.5) is 5.69 Å². The molecule has 0 atom stereocenters. The van der Waals surface area contributed by atoms with E-state index in [1.807, 2.05) is 0 Å². The molecule has 2 aromatic carbocycles. The topological polar surface area (TPSA) is 122 Å². The average Bonchev–Trinajstić information content (AvgIpc) is 2.74. The summed E-state index contributed by atoms with van der Waals surface area (Å²) < 4.78 is 1.31. The van der Waals surface area contributed by atoms with Gasteiger partial charge >= 0.3 is 5.69 Å². The quantitative estimate of drug-likeness (QED) is 0.432. The average molecular weight is 460 g/mol. The number of halogens is 2. The molecule has 8 nitrogen and oxygen atoms in total. The van der Waals surface area contributed by atoms with Crippen LogP contribution in [0.5, 0.6) is 0 Å². The fourth-order valence-corrected chi connectivity index (χ4v) is 2.98. The minimum Gasteiger partial charge on any atom is -0.400 e. The Labute approximate surface area is 187 Å². The first-order chi connectivity index (χ1) is 14.8. The van der Waals surface area contributed by atoms with Gasteiger partial charge in [0, 0.05) is 36.4 Å². The van der Waals surface area contributed by atoms with E-state index in [9.17, 15) is 14.4 Å². The van der Waals surface area contributed by atoms with Crippen molar-refractivity contribution in [1.82, 2.24) is 14.9 Å². The number of benzene rings is 2. The van der Waals surface area contributed by atoms with Crippen LogP contribution in [0.25, 0.3) is 5.69 Å². The van der Waals surface area contributed by atoms with Crippen molar-refractivity contribution in [3.8, 4) is 5.69 Å². The van der Waals surface area contributed by atoms with Crippen molar-refractivity contribution < 1.29 is 4.79 Å². The fourth-order valence-electron chi connectivity index (χ4n) is 2.66. The molecule has 5 N–H and O–H groups in total. The number of nitrogens with two attached hydrogens (primary N) is 1. The number of amides is 1. The zero-order valence-corrected chi connectivity index (χ0v) is 17.7. The van der Waals surface area contributed by atoms with E-state index in [0.717, 1.165) is 5.56 Å². The van der Waals surface area contributed by atoms with Crippen LogP contribution in [0.1, 0.15) is 12.0 Å². The Balaban J connectivity index is 1.53. The van der Waals surface area contributed by atoms with E-state index >= 15 is 0 Å². The van der Waals surface area contributed by atoms with Gasteiger partial charge in [-0.25, -0.2) is 4.79 Å². The van der Waals surface area contributed by atoms with Crippen molar-refractivity contribution >= 4 is 34.8 Å². The Morgan fingerprint density at radius 3 is 2.48 bits per heavy atom. The summed E-state index contributed by atoms with van der Waals surface area (Å²) in [5.74, 6) is -0.241. The summed E-state index contributed by atoms with van der Waals surface area (Å²) in [5.41, 5.74) is 7.39. The van der Waals surface area contributed by atoms with E-state index < -0.39 is 11.2 Å². The zero-order chi connectivity index (χ0) is 22.4. The van der Waals surface area contributed by atoms with Crippen molar-refractivity contribution in [2.75, 3.05) is 5.32 Å². The molecule has 0 aliphatic heterocycles. The molecule has 0 fully saturated rings. The van der Waals surface area contributed by atoms with Gasteiger partial charge in [0.05, 0.1) is 22.2 Å². The van der Waals surface area contributed by atoms with Crippen LogP contribution in [0.3, 0.4) is 0 Å². The monoisotopic (exact) mass is 459 g/mol. The van der Waals surface area contributed by atoms with E-state index in [4.69, 9.17) is 28.9 Å². The number of rotatable bonds is 7. The molecular weight excluding hydrogens is 441 g/mol. The van der Waals surface area contributed by atoms with Gasteiger partial charge in [0.1, 0.15) is 0 Å². The number of hydrogen-bond acceptors (Lipinski definition) is 5. The number of hydrogen-bond donors (Lipinski definition) is 4. The van der Waals surface area contributed by atoms with E-state index in [-0.39, 0.29) is 12.3 Å². The summed E-state index contributed by atoms with van der Waals surface area (Å²) in [7, 11) is 0. The highest BCUT2D eigenvalue weighted by atomic mass is 35.5. The molecule has 31 heavy (non-hydrogen) atoms. The Hall–Kier alpha value is -3.49. The number of carbonyl (C=O) groups excluding carboxylic acids is 1. The molecule has 0 bridgehead atoms. The van der Waals surface area contributed by atoms with Gasteiger partial charge in [0.25, 0.3) is 5.56 Å². The maximum Gasteiger partial charge on any atom is 0.332 e. The molecule has 0 radical (unpaired) electrons. The first-order valence-electron chi connectivity index (χ1n) is 9.16. The van der Waals surface area contributed by atoms with Gasteiger partial charge in [0.15, 0.2) is 0 Å². The molecule has 3 rings (SSSR count). The zero-order valence-electron chi connectivity index (χ0n) is 16.2. The lowest BCUT2D eigenvalue weighted by atomic mass is 10.2. The van der Waals surface area contributed by atoms with Crippen molar-refractivity contribution in [2.24, 2.45) is 5.73 Å². The molecule has 0 unspecified atom stereocenters. The van der Waals surface area contributed by atoms with Crippen LogP contribution in [0.15, 0.2) is 76.2 Å². The van der Waals surface area contributed by atoms with Gasteiger partial charge in [-0.2, -0.15) is 0 Å². The van der Waals surface area contributed by atoms with Gasteiger partial charge in [-0.15, -0.1) is 0 Å². The molecule has 160 valence electrons. The third kappa shape index (κ3) is 6.24. The lowest BCUT2D eigenvalue weighted by molar-refractivity contribution is -0.120. The van der Waals surface area contributed by atoms with E-state index in [1.54, 1.807) is 42.5 Å². The third-order valence-electron chi connectivity index (χ3n) is 4.23. The maximum atomic E-state index is 12.1. The lowest BCUT2D eigenvalue weighted by Gasteiger charge is -2.08. The predicted molar refractivity (Wildman–Crippen MR) is 121 cm³/mol. The third-order valence-corrected chi connectivity index (χ3v) is 4.97. The summed E-state index contributed by atoms with van der Waals surface area (Å²) >= 11 is 11.8. The molecule has 3 aromatic rings. The van der Waals surface area contributed by atoms with Crippen LogP contribution in [-0.2, 0) is 11.3 Å². The number of carbonyl (C=O) groups is 1. The standard InChI is InChI=1S/C21H19Cl2N5O3/c22-17-6-1-13(9-18(17)23)11-26-20(30)10-14(24)12-25-15-2-4-16(5-3-15)28-8-7-19(29)27-21(28)31/h1-9,12,25H,10-11,24H2,(H,26,30)(H,27,29,31)/b14-12-. The number of aromatic nitrogens is 2. The number of nitrogens with zero attached hydrogens (tertiary/aromatic N) is 1.